The average molecular weight is 544 g/mol. The maximum absolute atomic E-state index is 13.0. The van der Waals surface area contributed by atoms with Crippen LogP contribution in [0.15, 0.2) is 48.7 Å². The fourth-order valence-corrected chi connectivity index (χ4v) is 4.67. The number of nitrogens with zero attached hydrogens (tertiary/aromatic N) is 1. The number of rotatable bonds is 10. The van der Waals surface area contributed by atoms with Gasteiger partial charge in [0.1, 0.15) is 24.5 Å². The van der Waals surface area contributed by atoms with E-state index in [1.807, 2.05) is 56.3 Å². The molecule has 0 radical (unpaired) electrons. The molecule has 3 aromatic rings. The van der Waals surface area contributed by atoms with E-state index in [4.69, 9.17) is 16.3 Å². The molecule has 3 rings (SSSR count). The fourth-order valence-electron chi connectivity index (χ4n) is 3.61. The van der Waals surface area contributed by atoms with Gasteiger partial charge in [-0.3, -0.25) is 9.59 Å². The highest BCUT2D eigenvalue weighted by molar-refractivity contribution is 7.19. The quantitative estimate of drug-likeness (QED) is 0.292. The van der Waals surface area contributed by atoms with Gasteiger partial charge in [0, 0.05) is 6.20 Å². The van der Waals surface area contributed by atoms with Gasteiger partial charge in [-0.2, -0.15) is 0 Å². The first-order valence-electron chi connectivity index (χ1n) is 12.2. The molecule has 2 aromatic carbocycles. The Kier molecular flexibility index (Phi) is 9.70. The first-order valence-corrected chi connectivity index (χ1v) is 13.4. The number of aryl methyl sites for hydroxylation is 1. The first kappa shape index (κ1) is 28.6. The number of carbonyl (C=O) groups is 2. The lowest BCUT2D eigenvalue weighted by molar-refractivity contribution is -0.137. The summed E-state index contributed by atoms with van der Waals surface area (Å²) in [5.74, 6) is -0.319. The highest BCUT2D eigenvalue weighted by atomic mass is 35.5. The molecule has 2 atom stereocenters. The number of halogens is 1. The van der Waals surface area contributed by atoms with Crippen LogP contribution in [0.4, 0.5) is 5.13 Å². The molecule has 0 saturated carbocycles. The number of aromatic nitrogens is 1. The Balaban J connectivity index is 1.71. The van der Waals surface area contributed by atoms with Crippen molar-refractivity contribution in [3.63, 3.8) is 0 Å². The van der Waals surface area contributed by atoms with Crippen molar-refractivity contribution in [2.24, 2.45) is 5.41 Å². The number of thiazole rings is 1. The number of hydrogen-bond donors (Lipinski definition) is 3. The van der Waals surface area contributed by atoms with Gasteiger partial charge in [-0.1, -0.05) is 87.4 Å². The lowest BCUT2D eigenvalue weighted by Gasteiger charge is -2.26. The Bertz CT molecular complexity index is 1240. The van der Waals surface area contributed by atoms with Crippen LogP contribution in [-0.4, -0.2) is 34.1 Å². The maximum atomic E-state index is 13.0. The zero-order valence-electron chi connectivity index (χ0n) is 21.8. The number of amides is 2. The summed E-state index contributed by atoms with van der Waals surface area (Å²) in [7, 11) is 0. The Morgan fingerprint density at radius 3 is 2.59 bits per heavy atom. The third kappa shape index (κ3) is 7.77. The Morgan fingerprint density at radius 2 is 1.89 bits per heavy atom. The third-order valence-electron chi connectivity index (χ3n) is 5.77. The van der Waals surface area contributed by atoms with Gasteiger partial charge in [0.05, 0.1) is 9.90 Å². The molecule has 7 nitrogen and oxygen atoms in total. The standard InChI is InChI=1S/C28H34ClN3O4S/c1-6-9-21(31-26(35)24(33)28(3,4)5)25(34)32-27-30-15-23(37-27)19-11-8-7-10-18(19)16-36-22-14-17(2)12-13-20(22)29/h7-8,10-15,21,24,33H,6,9,16H2,1-5H3,(H,31,35)(H,30,32,34)/t21?,24-/m1/s1. The van der Waals surface area contributed by atoms with Crippen molar-refractivity contribution in [2.75, 3.05) is 5.32 Å². The SMILES string of the molecule is CCCC(NC(=O)[C@@H](O)C(C)(C)C)C(=O)Nc1ncc(-c2ccccc2COc2cc(C)ccc2Cl)s1. The number of ether oxygens (including phenoxy) is 1. The molecule has 0 saturated heterocycles. The van der Waals surface area contributed by atoms with E-state index < -0.39 is 23.5 Å². The van der Waals surface area contributed by atoms with Crippen LogP contribution in [0, 0.1) is 12.3 Å². The minimum Gasteiger partial charge on any atom is -0.487 e. The van der Waals surface area contributed by atoms with Crippen molar-refractivity contribution >= 4 is 39.9 Å². The van der Waals surface area contributed by atoms with E-state index in [1.54, 1.807) is 27.0 Å². The second kappa shape index (κ2) is 12.5. The van der Waals surface area contributed by atoms with Crippen molar-refractivity contribution in [1.29, 1.82) is 0 Å². The lowest BCUT2D eigenvalue weighted by atomic mass is 9.88. The zero-order valence-corrected chi connectivity index (χ0v) is 23.4. The number of aliphatic hydroxyl groups excluding tert-OH is 1. The molecule has 9 heteroatoms. The molecular formula is C28H34ClN3O4S. The molecule has 0 fully saturated rings. The molecule has 1 unspecified atom stereocenters. The summed E-state index contributed by atoms with van der Waals surface area (Å²) in [4.78, 5) is 30.7. The van der Waals surface area contributed by atoms with E-state index in [0.29, 0.717) is 35.4 Å². The van der Waals surface area contributed by atoms with Gasteiger partial charge in [0.2, 0.25) is 11.8 Å². The van der Waals surface area contributed by atoms with Gasteiger partial charge in [-0.05, 0) is 47.6 Å². The minimum atomic E-state index is -1.22. The van der Waals surface area contributed by atoms with E-state index >= 15 is 0 Å². The summed E-state index contributed by atoms with van der Waals surface area (Å²) < 4.78 is 6.00. The molecule has 0 spiro atoms. The number of benzene rings is 2. The molecule has 1 aromatic heterocycles. The molecule has 0 aliphatic rings. The Labute approximate surface area is 227 Å². The van der Waals surface area contributed by atoms with Crippen LogP contribution in [-0.2, 0) is 16.2 Å². The number of anilines is 1. The van der Waals surface area contributed by atoms with Gasteiger partial charge in [0.15, 0.2) is 5.13 Å². The van der Waals surface area contributed by atoms with Crippen LogP contribution in [0.3, 0.4) is 0 Å². The van der Waals surface area contributed by atoms with Crippen molar-refractivity contribution < 1.29 is 19.4 Å². The average Bonchev–Trinajstić information content (AvgIpc) is 3.31. The van der Waals surface area contributed by atoms with E-state index in [1.165, 1.54) is 11.3 Å². The van der Waals surface area contributed by atoms with Gasteiger partial charge < -0.3 is 20.5 Å². The van der Waals surface area contributed by atoms with E-state index in [-0.39, 0.29) is 5.91 Å². The van der Waals surface area contributed by atoms with Gasteiger partial charge in [-0.25, -0.2) is 4.98 Å². The molecule has 3 N–H and O–H groups in total. The molecule has 0 aliphatic carbocycles. The number of aliphatic hydroxyl groups is 1. The van der Waals surface area contributed by atoms with Crippen LogP contribution >= 0.6 is 22.9 Å². The molecule has 2 amide bonds. The van der Waals surface area contributed by atoms with Gasteiger partial charge in [0.25, 0.3) is 0 Å². The summed E-state index contributed by atoms with van der Waals surface area (Å²) in [5, 5.41) is 16.7. The minimum absolute atomic E-state index is 0.319. The third-order valence-corrected chi connectivity index (χ3v) is 7.03. The molecule has 0 aliphatic heterocycles. The number of nitrogens with one attached hydrogen (secondary N) is 2. The normalized spacial score (nSPS) is 13.1. The number of hydrogen-bond acceptors (Lipinski definition) is 6. The van der Waals surface area contributed by atoms with Crippen molar-refractivity contribution in [2.45, 2.75) is 66.2 Å². The summed E-state index contributed by atoms with van der Waals surface area (Å²) in [6.45, 7) is 9.52. The van der Waals surface area contributed by atoms with Crippen molar-refractivity contribution in [1.82, 2.24) is 10.3 Å². The van der Waals surface area contributed by atoms with Crippen LogP contribution in [0.1, 0.15) is 51.7 Å². The van der Waals surface area contributed by atoms with Crippen LogP contribution < -0.4 is 15.4 Å². The van der Waals surface area contributed by atoms with Gasteiger partial charge >= 0.3 is 0 Å². The molecule has 1 heterocycles. The fraction of sp³-hybridized carbons (Fsp3) is 0.393. The van der Waals surface area contributed by atoms with Crippen LogP contribution in [0.2, 0.25) is 5.02 Å². The predicted molar refractivity (Wildman–Crippen MR) is 149 cm³/mol. The smallest absolute Gasteiger partial charge is 0.250 e. The largest absolute Gasteiger partial charge is 0.487 e. The summed E-state index contributed by atoms with van der Waals surface area (Å²) in [5.41, 5.74) is 2.31. The Hall–Kier alpha value is -2.94. The summed E-state index contributed by atoms with van der Waals surface area (Å²) in [6, 6.07) is 12.7. The summed E-state index contributed by atoms with van der Waals surface area (Å²) in [6.07, 6.45) is 1.61. The van der Waals surface area contributed by atoms with Crippen molar-refractivity contribution in [3.8, 4) is 16.2 Å². The topological polar surface area (TPSA) is 101 Å². The van der Waals surface area contributed by atoms with E-state index in [2.05, 4.69) is 15.6 Å². The molecule has 0 bridgehead atoms. The molecular weight excluding hydrogens is 510 g/mol. The monoisotopic (exact) mass is 543 g/mol. The second-order valence-corrected chi connectivity index (χ2v) is 11.5. The van der Waals surface area contributed by atoms with Crippen LogP contribution in [0.5, 0.6) is 5.75 Å². The zero-order chi connectivity index (χ0) is 27.2. The summed E-state index contributed by atoms with van der Waals surface area (Å²) >= 11 is 7.61. The first-order chi connectivity index (χ1) is 17.5. The highest BCUT2D eigenvalue weighted by Crippen LogP contribution is 2.33. The maximum Gasteiger partial charge on any atom is 0.250 e. The lowest BCUT2D eigenvalue weighted by Crippen LogP contribution is -2.50. The van der Waals surface area contributed by atoms with E-state index in [0.717, 1.165) is 21.6 Å². The number of carbonyl (C=O) groups excluding carboxylic acids is 2. The van der Waals surface area contributed by atoms with Crippen molar-refractivity contribution in [3.05, 3.63) is 64.8 Å². The van der Waals surface area contributed by atoms with Crippen LogP contribution in [0.25, 0.3) is 10.4 Å². The highest BCUT2D eigenvalue weighted by Gasteiger charge is 2.32. The molecule has 198 valence electrons. The van der Waals surface area contributed by atoms with E-state index in [9.17, 15) is 14.7 Å². The molecule has 37 heavy (non-hydrogen) atoms. The predicted octanol–water partition coefficient (Wildman–Crippen LogP) is 5.98. The second-order valence-electron chi connectivity index (χ2n) is 10.0. The Morgan fingerprint density at radius 1 is 1.16 bits per heavy atom. The van der Waals surface area contributed by atoms with Gasteiger partial charge in [-0.15, -0.1) is 0 Å².